The van der Waals surface area contributed by atoms with Crippen molar-refractivity contribution < 1.29 is 0 Å². The van der Waals surface area contributed by atoms with Crippen LogP contribution in [-0.2, 0) is 0 Å². The average molecular weight is 403 g/mol. The molecule has 0 aromatic heterocycles. The summed E-state index contributed by atoms with van der Waals surface area (Å²) in [4.78, 5) is 0. The van der Waals surface area contributed by atoms with Crippen LogP contribution in [0.4, 0.5) is 5.69 Å². The fraction of sp³-hybridized carbons (Fsp3) is 0.647. The van der Waals surface area contributed by atoms with Crippen LogP contribution in [0.3, 0.4) is 0 Å². The molecule has 1 aromatic rings. The molecule has 0 unspecified atom stereocenters. The molecule has 1 aromatic carbocycles. The summed E-state index contributed by atoms with van der Waals surface area (Å²) >= 11 is 7.14. The molecule has 0 heterocycles. The van der Waals surface area contributed by atoms with E-state index in [-0.39, 0.29) is 0 Å². The molecule has 1 saturated carbocycles. The van der Waals surface area contributed by atoms with E-state index in [1.54, 1.807) is 0 Å². The molecule has 112 valence electrons. The van der Waals surface area contributed by atoms with Gasteiger partial charge in [0.25, 0.3) is 0 Å². The van der Waals surface area contributed by atoms with Crippen molar-refractivity contribution in [1.82, 2.24) is 0 Å². The summed E-state index contributed by atoms with van der Waals surface area (Å²) < 4.78 is 2.26. The Labute approximate surface area is 140 Å². The highest BCUT2D eigenvalue weighted by atomic mass is 79.9. The van der Waals surface area contributed by atoms with Crippen molar-refractivity contribution in [2.75, 3.05) is 5.32 Å². The number of anilines is 1. The highest BCUT2D eigenvalue weighted by molar-refractivity contribution is 9.11. The van der Waals surface area contributed by atoms with Gasteiger partial charge in [0, 0.05) is 20.7 Å². The van der Waals surface area contributed by atoms with Crippen molar-refractivity contribution in [3.63, 3.8) is 0 Å². The second-order valence-electron chi connectivity index (χ2n) is 6.66. The number of nitrogens with one attached hydrogen (secondary N) is 1. The van der Waals surface area contributed by atoms with Crippen molar-refractivity contribution in [2.24, 2.45) is 11.3 Å². The molecule has 0 saturated heterocycles. The number of rotatable bonds is 4. The van der Waals surface area contributed by atoms with Crippen LogP contribution in [0, 0.1) is 11.3 Å². The van der Waals surface area contributed by atoms with Crippen LogP contribution in [-0.4, -0.2) is 6.04 Å². The van der Waals surface area contributed by atoms with E-state index in [0.717, 1.165) is 14.9 Å². The van der Waals surface area contributed by atoms with Gasteiger partial charge in [-0.15, -0.1) is 0 Å². The summed E-state index contributed by atoms with van der Waals surface area (Å²) in [6, 6.07) is 6.97. The smallest absolute Gasteiger partial charge is 0.0487 e. The zero-order chi connectivity index (χ0) is 14.8. The SMILES string of the molecule is CCC(C)(C)C1CCC(Nc2ccc(Br)cc2Br)CC1. The molecule has 20 heavy (non-hydrogen) atoms. The number of halogens is 2. The molecule has 0 spiro atoms. The molecule has 0 amide bonds. The Morgan fingerprint density at radius 1 is 1.15 bits per heavy atom. The Hall–Kier alpha value is -0.0200. The van der Waals surface area contributed by atoms with Crippen LogP contribution in [0.1, 0.15) is 52.9 Å². The maximum absolute atomic E-state index is 3.70. The lowest BCUT2D eigenvalue weighted by molar-refractivity contribution is 0.147. The number of benzene rings is 1. The lowest BCUT2D eigenvalue weighted by atomic mass is 9.69. The van der Waals surface area contributed by atoms with Crippen LogP contribution in [0.2, 0.25) is 0 Å². The predicted octanol–water partition coefficient (Wildman–Crippen LogP) is 6.62. The topological polar surface area (TPSA) is 12.0 Å². The van der Waals surface area contributed by atoms with Gasteiger partial charge < -0.3 is 5.32 Å². The van der Waals surface area contributed by atoms with E-state index in [1.165, 1.54) is 37.8 Å². The standard InChI is InChI=1S/C17H25Br2N/c1-4-17(2,3)12-5-8-14(9-6-12)20-16-10-7-13(18)11-15(16)19/h7,10-12,14,20H,4-6,8-9H2,1-3H3. The fourth-order valence-electron chi connectivity index (χ4n) is 3.13. The van der Waals surface area contributed by atoms with E-state index >= 15 is 0 Å². The van der Waals surface area contributed by atoms with E-state index < -0.39 is 0 Å². The van der Waals surface area contributed by atoms with Crippen LogP contribution < -0.4 is 5.32 Å². The van der Waals surface area contributed by atoms with Crippen LogP contribution in [0.25, 0.3) is 0 Å². The monoisotopic (exact) mass is 401 g/mol. The lowest BCUT2D eigenvalue weighted by Gasteiger charge is -2.39. The minimum Gasteiger partial charge on any atom is -0.381 e. The third kappa shape index (κ3) is 4.00. The van der Waals surface area contributed by atoms with Crippen molar-refractivity contribution >= 4 is 37.5 Å². The quantitative estimate of drug-likeness (QED) is 0.596. The normalized spacial score (nSPS) is 23.6. The molecular formula is C17H25Br2N. The van der Waals surface area contributed by atoms with E-state index in [1.807, 2.05) is 0 Å². The van der Waals surface area contributed by atoms with Crippen LogP contribution >= 0.6 is 31.9 Å². The van der Waals surface area contributed by atoms with Crippen molar-refractivity contribution in [3.8, 4) is 0 Å². The minimum absolute atomic E-state index is 0.503. The second kappa shape index (κ2) is 6.83. The van der Waals surface area contributed by atoms with Gasteiger partial charge in [0.2, 0.25) is 0 Å². The van der Waals surface area contributed by atoms with Gasteiger partial charge in [0.1, 0.15) is 0 Å². The lowest BCUT2D eigenvalue weighted by Crippen LogP contribution is -2.32. The first-order chi connectivity index (χ1) is 9.42. The summed E-state index contributed by atoms with van der Waals surface area (Å²) in [6.45, 7) is 7.18. The van der Waals surface area contributed by atoms with E-state index in [4.69, 9.17) is 0 Å². The van der Waals surface area contributed by atoms with E-state index in [9.17, 15) is 0 Å². The number of hydrogen-bond donors (Lipinski definition) is 1. The Balaban J connectivity index is 1.91. The first-order valence-corrected chi connectivity index (χ1v) is 9.22. The van der Waals surface area contributed by atoms with E-state index in [0.29, 0.717) is 11.5 Å². The van der Waals surface area contributed by atoms with Crippen molar-refractivity contribution in [1.29, 1.82) is 0 Å². The van der Waals surface area contributed by atoms with Crippen LogP contribution in [0.15, 0.2) is 27.1 Å². The van der Waals surface area contributed by atoms with Gasteiger partial charge in [-0.05, 0) is 71.1 Å². The summed E-state index contributed by atoms with van der Waals surface area (Å²) in [6.07, 6.45) is 6.57. The Morgan fingerprint density at radius 3 is 2.35 bits per heavy atom. The Kier molecular flexibility index (Phi) is 5.58. The molecule has 0 atom stereocenters. The largest absolute Gasteiger partial charge is 0.381 e. The minimum atomic E-state index is 0.503. The Morgan fingerprint density at radius 2 is 1.80 bits per heavy atom. The first-order valence-electron chi connectivity index (χ1n) is 7.64. The van der Waals surface area contributed by atoms with E-state index in [2.05, 4.69) is 76.1 Å². The molecule has 1 nitrogen and oxygen atoms in total. The molecule has 0 bridgehead atoms. The van der Waals surface area contributed by atoms with Gasteiger partial charge in [0.15, 0.2) is 0 Å². The first kappa shape index (κ1) is 16.4. The summed E-state index contributed by atoms with van der Waals surface area (Å²) in [5.74, 6) is 0.888. The second-order valence-corrected chi connectivity index (χ2v) is 8.43. The summed E-state index contributed by atoms with van der Waals surface area (Å²) in [5, 5.41) is 3.70. The van der Waals surface area contributed by atoms with Gasteiger partial charge in [0.05, 0.1) is 0 Å². The van der Waals surface area contributed by atoms with Gasteiger partial charge >= 0.3 is 0 Å². The molecule has 1 aliphatic carbocycles. The Bertz CT molecular complexity index is 448. The highest BCUT2D eigenvalue weighted by Crippen LogP contribution is 2.41. The molecule has 0 aliphatic heterocycles. The van der Waals surface area contributed by atoms with Gasteiger partial charge in [-0.2, -0.15) is 0 Å². The fourth-order valence-corrected chi connectivity index (χ4v) is 4.30. The predicted molar refractivity (Wildman–Crippen MR) is 95.3 cm³/mol. The molecular weight excluding hydrogens is 378 g/mol. The summed E-state index contributed by atoms with van der Waals surface area (Å²) in [5.41, 5.74) is 1.72. The molecule has 1 N–H and O–H groups in total. The zero-order valence-corrected chi connectivity index (χ0v) is 15.9. The maximum atomic E-state index is 3.70. The summed E-state index contributed by atoms with van der Waals surface area (Å²) in [7, 11) is 0. The molecule has 3 heteroatoms. The van der Waals surface area contributed by atoms with Crippen molar-refractivity contribution in [2.45, 2.75) is 58.9 Å². The van der Waals surface area contributed by atoms with Crippen molar-refractivity contribution in [3.05, 3.63) is 27.1 Å². The zero-order valence-electron chi connectivity index (χ0n) is 12.7. The molecule has 2 rings (SSSR count). The highest BCUT2D eigenvalue weighted by Gasteiger charge is 2.31. The third-order valence-electron chi connectivity index (χ3n) is 5.03. The van der Waals surface area contributed by atoms with Gasteiger partial charge in [-0.3, -0.25) is 0 Å². The molecule has 0 radical (unpaired) electrons. The van der Waals surface area contributed by atoms with Gasteiger partial charge in [-0.25, -0.2) is 0 Å². The third-order valence-corrected chi connectivity index (χ3v) is 6.18. The molecule has 1 fully saturated rings. The maximum Gasteiger partial charge on any atom is 0.0487 e. The van der Waals surface area contributed by atoms with Gasteiger partial charge in [-0.1, -0.05) is 43.1 Å². The number of hydrogen-bond acceptors (Lipinski definition) is 1. The average Bonchev–Trinajstić information content (AvgIpc) is 2.42. The van der Waals surface area contributed by atoms with Crippen LogP contribution in [0.5, 0.6) is 0 Å². The molecule has 1 aliphatic rings.